The Morgan fingerprint density at radius 2 is 1.83 bits per heavy atom. The summed E-state index contributed by atoms with van der Waals surface area (Å²) in [7, 11) is 0. The Morgan fingerprint density at radius 1 is 1.11 bits per heavy atom. The van der Waals surface area contributed by atoms with E-state index >= 15 is 0 Å². The standard InChI is InChI=1S/C14H22N2.2BrH/c15-10-9-14-8-4-5-11-16(14)12-13-6-2-1-3-7-13;;/h1-3,6-7,14H,4-5,8-12,15H2;2*1H. The molecule has 1 heterocycles. The molecule has 1 aromatic rings. The molecule has 104 valence electrons. The van der Waals surface area contributed by atoms with Crippen molar-refractivity contribution in [3.05, 3.63) is 35.9 Å². The van der Waals surface area contributed by atoms with Gasteiger partial charge in [0.1, 0.15) is 0 Å². The number of nitrogens with zero attached hydrogens (tertiary/aromatic N) is 1. The van der Waals surface area contributed by atoms with Crippen molar-refractivity contribution in [1.29, 1.82) is 0 Å². The molecular weight excluding hydrogens is 356 g/mol. The Hall–Kier alpha value is 0.1000. The van der Waals surface area contributed by atoms with Gasteiger partial charge in [-0.2, -0.15) is 0 Å². The SMILES string of the molecule is Br.Br.NCCC1CCCCN1Cc1ccccc1. The Kier molecular flexibility index (Phi) is 10.0. The first-order valence-corrected chi connectivity index (χ1v) is 6.38. The summed E-state index contributed by atoms with van der Waals surface area (Å²) in [5.74, 6) is 0. The molecule has 4 heteroatoms. The summed E-state index contributed by atoms with van der Waals surface area (Å²) in [6.45, 7) is 3.14. The monoisotopic (exact) mass is 378 g/mol. The normalized spacial score (nSPS) is 19.7. The van der Waals surface area contributed by atoms with Crippen molar-refractivity contribution in [1.82, 2.24) is 4.90 Å². The summed E-state index contributed by atoms with van der Waals surface area (Å²) in [6, 6.07) is 11.5. The molecule has 2 rings (SSSR count). The molecule has 0 aromatic heterocycles. The second-order valence-electron chi connectivity index (χ2n) is 4.68. The zero-order chi connectivity index (χ0) is 11.2. The number of benzene rings is 1. The topological polar surface area (TPSA) is 29.3 Å². The molecular formula is C14H24Br2N2. The summed E-state index contributed by atoms with van der Waals surface area (Å²) in [4.78, 5) is 2.60. The van der Waals surface area contributed by atoms with Gasteiger partial charge >= 0.3 is 0 Å². The van der Waals surface area contributed by atoms with Crippen LogP contribution in [0.25, 0.3) is 0 Å². The molecule has 0 saturated carbocycles. The van der Waals surface area contributed by atoms with Crippen LogP contribution in [0, 0.1) is 0 Å². The van der Waals surface area contributed by atoms with Crippen LogP contribution in [0.15, 0.2) is 30.3 Å². The highest BCUT2D eigenvalue weighted by atomic mass is 79.9. The van der Waals surface area contributed by atoms with Crippen molar-refractivity contribution in [3.63, 3.8) is 0 Å². The lowest BCUT2D eigenvalue weighted by Crippen LogP contribution is -2.40. The molecule has 0 amide bonds. The van der Waals surface area contributed by atoms with Crippen molar-refractivity contribution >= 4 is 34.0 Å². The number of likely N-dealkylation sites (tertiary alicyclic amines) is 1. The number of hydrogen-bond donors (Lipinski definition) is 1. The summed E-state index contributed by atoms with van der Waals surface area (Å²) >= 11 is 0. The van der Waals surface area contributed by atoms with Crippen LogP contribution in [0.1, 0.15) is 31.2 Å². The van der Waals surface area contributed by atoms with Gasteiger partial charge in [0.05, 0.1) is 0 Å². The molecule has 1 aromatic carbocycles. The minimum Gasteiger partial charge on any atom is -0.330 e. The first kappa shape index (κ1) is 18.1. The van der Waals surface area contributed by atoms with Gasteiger partial charge in [-0.1, -0.05) is 36.8 Å². The highest BCUT2D eigenvalue weighted by Gasteiger charge is 2.21. The molecule has 1 atom stereocenters. The average molecular weight is 380 g/mol. The van der Waals surface area contributed by atoms with E-state index in [0.717, 1.165) is 19.5 Å². The Labute approximate surface area is 131 Å². The molecule has 0 bridgehead atoms. The number of hydrogen-bond acceptors (Lipinski definition) is 2. The third-order valence-corrected chi connectivity index (χ3v) is 3.48. The largest absolute Gasteiger partial charge is 0.330 e. The van der Waals surface area contributed by atoms with Crippen LogP contribution in [0.3, 0.4) is 0 Å². The van der Waals surface area contributed by atoms with Gasteiger partial charge in [0.25, 0.3) is 0 Å². The van der Waals surface area contributed by atoms with Crippen molar-refractivity contribution in [3.8, 4) is 0 Å². The summed E-state index contributed by atoms with van der Waals surface area (Å²) in [6.07, 6.45) is 5.18. The minimum atomic E-state index is 0. The Balaban J connectivity index is 0.00000144. The molecule has 1 aliphatic heterocycles. The van der Waals surface area contributed by atoms with Crippen LogP contribution in [0.5, 0.6) is 0 Å². The zero-order valence-corrected chi connectivity index (χ0v) is 14.2. The molecule has 2 N–H and O–H groups in total. The van der Waals surface area contributed by atoms with Crippen LogP contribution in [-0.2, 0) is 6.54 Å². The fourth-order valence-corrected chi connectivity index (χ4v) is 2.61. The van der Waals surface area contributed by atoms with E-state index in [1.54, 1.807) is 0 Å². The quantitative estimate of drug-likeness (QED) is 0.866. The third kappa shape index (κ3) is 5.39. The molecule has 0 radical (unpaired) electrons. The number of rotatable bonds is 4. The molecule has 2 nitrogen and oxygen atoms in total. The van der Waals surface area contributed by atoms with E-state index in [4.69, 9.17) is 5.73 Å². The third-order valence-electron chi connectivity index (χ3n) is 3.48. The van der Waals surface area contributed by atoms with E-state index in [0.29, 0.717) is 6.04 Å². The van der Waals surface area contributed by atoms with Gasteiger partial charge in [-0.3, -0.25) is 4.90 Å². The van der Waals surface area contributed by atoms with Gasteiger partial charge in [-0.15, -0.1) is 34.0 Å². The Morgan fingerprint density at radius 3 is 2.50 bits per heavy atom. The molecule has 18 heavy (non-hydrogen) atoms. The van der Waals surface area contributed by atoms with Crippen LogP contribution in [-0.4, -0.2) is 24.0 Å². The predicted octanol–water partition coefficient (Wildman–Crippen LogP) is 3.55. The number of piperidine rings is 1. The van der Waals surface area contributed by atoms with Gasteiger partial charge in [0, 0.05) is 12.6 Å². The lowest BCUT2D eigenvalue weighted by atomic mass is 9.98. The van der Waals surface area contributed by atoms with Gasteiger partial charge < -0.3 is 5.73 Å². The van der Waals surface area contributed by atoms with Crippen molar-refractivity contribution in [2.24, 2.45) is 5.73 Å². The van der Waals surface area contributed by atoms with E-state index in [-0.39, 0.29) is 34.0 Å². The molecule has 1 aliphatic rings. The van der Waals surface area contributed by atoms with Crippen LogP contribution in [0.2, 0.25) is 0 Å². The molecule has 0 aliphatic carbocycles. The van der Waals surface area contributed by atoms with E-state index in [1.807, 2.05) is 0 Å². The summed E-state index contributed by atoms with van der Waals surface area (Å²) in [5.41, 5.74) is 7.11. The Bertz CT molecular complexity index is 304. The van der Waals surface area contributed by atoms with Crippen molar-refractivity contribution in [2.75, 3.05) is 13.1 Å². The van der Waals surface area contributed by atoms with Gasteiger partial charge in [-0.25, -0.2) is 0 Å². The maximum atomic E-state index is 5.69. The first-order chi connectivity index (χ1) is 7.90. The lowest BCUT2D eigenvalue weighted by Gasteiger charge is -2.35. The van der Waals surface area contributed by atoms with Crippen molar-refractivity contribution in [2.45, 2.75) is 38.3 Å². The maximum absolute atomic E-state index is 5.69. The smallest absolute Gasteiger partial charge is 0.0236 e. The maximum Gasteiger partial charge on any atom is 0.0236 e. The average Bonchev–Trinajstić information content (AvgIpc) is 2.33. The minimum absolute atomic E-state index is 0. The van der Waals surface area contributed by atoms with Crippen LogP contribution >= 0.6 is 34.0 Å². The predicted molar refractivity (Wildman–Crippen MR) is 88.8 cm³/mol. The lowest BCUT2D eigenvalue weighted by molar-refractivity contribution is 0.134. The van der Waals surface area contributed by atoms with E-state index in [1.165, 1.54) is 31.4 Å². The van der Waals surface area contributed by atoms with E-state index in [2.05, 4.69) is 35.2 Å². The fraction of sp³-hybridized carbons (Fsp3) is 0.571. The highest BCUT2D eigenvalue weighted by molar-refractivity contribution is 8.93. The second kappa shape index (κ2) is 9.96. The zero-order valence-electron chi connectivity index (χ0n) is 10.8. The molecule has 1 fully saturated rings. The molecule has 1 saturated heterocycles. The van der Waals surface area contributed by atoms with E-state index in [9.17, 15) is 0 Å². The van der Waals surface area contributed by atoms with Gasteiger partial charge in [0.15, 0.2) is 0 Å². The van der Waals surface area contributed by atoms with E-state index < -0.39 is 0 Å². The summed E-state index contributed by atoms with van der Waals surface area (Å²) < 4.78 is 0. The summed E-state index contributed by atoms with van der Waals surface area (Å²) in [5, 5.41) is 0. The highest BCUT2D eigenvalue weighted by Crippen LogP contribution is 2.21. The molecule has 0 spiro atoms. The second-order valence-corrected chi connectivity index (χ2v) is 4.68. The van der Waals surface area contributed by atoms with Crippen LogP contribution in [0.4, 0.5) is 0 Å². The molecule has 1 unspecified atom stereocenters. The fourth-order valence-electron chi connectivity index (χ4n) is 2.61. The van der Waals surface area contributed by atoms with Gasteiger partial charge in [-0.05, 0) is 37.9 Å². The first-order valence-electron chi connectivity index (χ1n) is 6.38. The van der Waals surface area contributed by atoms with Crippen LogP contribution < -0.4 is 5.73 Å². The van der Waals surface area contributed by atoms with Crippen molar-refractivity contribution < 1.29 is 0 Å². The number of halogens is 2. The number of nitrogens with two attached hydrogens (primary N) is 1. The van der Waals surface area contributed by atoms with Gasteiger partial charge in [0.2, 0.25) is 0 Å².